The van der Waals surface area contributed by atoms with Crippen LogP contribution in [0, 0.1) is 0 Å². The van der Waals surface area contributed by atoms with Crippen molar-refractivity contribution >= 4 is 40.7 Å². The van der Waals surface area contributed by atoms with E-state index in [-0.39, 0.29) is 0 Å². The predicted octanol–water partition coefficient (Wildman–Crippen LogP) is 5.33. The fourth-order valence-electron chi connectivity index (χ4n) is 1.57. The highest BCUT2D eigenvalue weighted by atomic mass is 35.5. The van der Waals surface area contributed by atoms with E-state index < -0.39 is 0 Å². The van der Waals surface area contributed by atoms with Crippen molar-refractivity contribution < 1.29 is 0 Å². The third kappa shape index (κ3) is 3.58. The average molecular weight is 298 g/mol. The van der Waals surface area contributed by atoms with Crippen molar-refractivity contribution in [3.05, 3.63) is 58.1 Å². The van der Waals surface area contributed by atoms with Gasteiger partial charge in [0.2, 0.25) is 0 Å². The molecule has 1 N–H and O–H groups in total. The first-order chi connectivity index (χ1) is 8.69. The number of thioether (sulfide) groups is 1. The van der Waals surface area contributed by atoms with Crippen molar-refractivity contribution in [3.63, 3.8) is 0 Å². The summed E-state index contributed by atoms with van der Waals surface area (Å²) in [6.45, 7) is 0.689. The standard InChI is InChI=1S/C14H13Cl2NS/c1-18-13-6-4-12(5-7-13)17-9-10-2-3-11(15)8-14(10)16/h2-8,17H,9H2,1H3. The van der Waals surface area contributed by atoms with Crippen LogP contribution < -0.4 is 5.32 Å². The van der Waals surface area contributed by atoms with E-state index in [0.29, 0.717) is 16.6 Å². The Morgan fingerprint density at radius 2 is 1.78 bits per heavy atom. The van der Waals surface area contributed by atoms with Crippen LogP contribution in [-0.4, -0.2) is 6.26 Å². The first-order valence-electron chi connectivity index (χ1n) is 5.51. The molecule has 2 aromatic rings. The van der Waals surface area contributed by atoms with Gasteiger partial charge in [-0.25, -0.2) is 0 Å². The van der Waals surface area contributed by atoms with E-state index in [1.165, 1.54) is 4.90 Å². The third-order valence-electron chi connectivity index (χ3n) is 2.59. The fourth-order valence-corrected chi connectivity index (χ4v) is 2.45. The smallest absolute Gasteiger partial charge is 0.0470 e. The van der Waals surface area contributed by atoms with Gasteiger partial charge in [0.15, 0.2) is 0 Å². The molecule has 0 saturated carbocycles. The molecule has 0 aliphatic heterocycles. The van der Waals surface area contributed by atoms with Crippen molar-refractivity contribution in [2.75, 3.05) is 11.6 Å². The molecule has 2 rings (SSSR count). The molecule has 0 atom stereocenters. The topological polar surface area (TPSA) is 12.0 Å². The first kappa shape index (κ1) is 13.6. The lowest BCUT2D eigenvalue weighted by atomic mass is 10.2. The summed E-state index contributed by atoms with van der Waals surface area (Å²) in [5.41, 5.74) is 2.12. The Labute approximate surface area is 121 Å². The van der Waals surface area contributed by atoms with Crippen molar-refractivity contribution in [2.24, 2.45) is 0 Å². The average Bonchev–Trinajstić information content (AvgIpc) is 2.38. The number of hydrogen-bond donors (Lipinski definition) is 1. The number of nitrogens with one attached hydrogen (secondary N) is 1. The molecule has 0 unspecified atom stereocenters. The van der Waals surface area contributed by atoms with E-state index in [1.807, 2.05) is 12.1 Å². The molecule has 0 saturated heterocycles. The molecule has 0 heterocycles. The summed E-state index contributed by atoms with van der Waals surface area (Å²) in [6.07, 6.45) is 2.07. The highest BCUT2D eigenvalue weighted by Gasteiger charge is 2.01. The van der Waals surface area contributed by atoms with Crippen molar-refractivity contribution in [1.82, 2.24) is 0 Å². The Morgan fingerprint density at radius 1 is 1.06 bits per heavy atom. The minimum atomic E-state index is 0.660. The summed E-state index contributed by atoms with van der Waals surface area (Å²) < 4.78 is 0. The Kier molecular flexibility index (Phi) is 4.81. The molecule has 2 aromatic carbocycles. The maximum Gasteiger partial charge on any atom is 0.0470 e. The first-order valence-corrected chi connectivity index (χ1v) is 7.49. The number of anilines is 1. The molecule has 0 radical (unpaired) electrons. The Bertz CT molecular complexity index is 526. The minimum Gasteiger partial charge on any atom is -0.381 e. The zero-order valence-corrected chi connectivity index (χ0v) is 12.2. The van der Waals surface area contributed by atoms with E-state index in [0.717, 1.165) is 11.3 Å². The third-order valence-corrected chi connectivity index (χ3v) is 3.92. The van der Waals surface area contributed by atoms with Crippen LogP contribution in [-0.2, 0) is 6.54 Å². The predicted molar refractivity (Wildman–Crippen MR) is 82.0 cm³/mol. The Balaban J connectivity index is 2.02. The molecular weight excluding hydrogens is 285 g/mol. The largest absolute Gasteiger partial charge is 0.381 e. The second kappa shape index (κ2) is 6.37. The van der Waals surface area contributed by atoms with Gasteiger partial charge in [0.25, 0.3) is 0 Å². The van der Waals surface area contributed by atoms with E-state index in [4.69, 9.17) is 23.2 Å². The fraction of sp³-hybridized carbons (Fsp3) is 0.143. The molecule has 94 valence electrons. The zero-order valence-electron chi connectivity index (χ0n) is 9.91. The molecule has 0 aromatic heterocycles. The summed E-state index contributed by atoms with van der Waals surface area (Å²) in [5.74, 6) is 0. The quantitative estimate of drug-likeness (QED) is 0.766. The van der Waals surface area contributed by atoms with Crippen LogP contribution >= 0.6 is 35.0 Å². The molecule has 18 heavy (non-hydrogen) atoms. The maximum absolute atomic E-state index is 6.12. The Morgan fingerprint density at radius 3 is 2.39 bits per heavy atom. The van der Waals surface area contributed by atoms with Gasteiger partial charge in [-0.05, 0) is 48.2 Å². The van der Waals surface area contributed by atoms with Gasteiger partial charge in [-0.2, -0.15) is 0 Å². The summed E-state index contributed by atoms with van der Waals surface area (Å²) in [7, 11) is 0. The monoisotopic (exact) mass is 297 g/mol. The van der Waals surface area contributed by atoms with Crippen molar-refractivity contribution in [3.8, 4) is 0 Å². The molecule has 4 heteroatoms. The molecule has 0 aliphatic rings. The minimum absolute atomic E-state index is 0.660. The number of halogens is 2. The van der Waals surface area contributed by atoms with Crippen molar-refractivity contribution in [2.45, 2.75) is 11.4 Å². The molecule has 0 spiro atoms. The maximum atomic E-state index is 6.12. The molecular formula is C14H13Cl2NS. The summed E-state index contributed by atoms with van der Waals surface area (Å²) in [4.78, 5) is 1.25. The van der Waals surface area contributed by atoms with Crippen LogP contribution in [0.3, 0.4) is 0 Å². The van der Waals surface area contributed by atoms with Crippen LogP contribution in [0.5, 0.6) is 0 Å². The van der Waals surface area contributed by atoms with Crippen LogP contribution in [0.15, 0.2) is 47.4 Å². The lowest BCUT2D eigenvalue weighted by molar-refractivity contribution is 1.15. The molecule has 0 bridgehead atoms. The van der Waals surface area contributed by atoms with Crippen LogP contribution in [0.4, 0.5) is 5.69 Å². The van der Waals surface area contributed by atoms with Gasteiger partial charge in [-0.15, -0.1) is 11.8 Å². The summed E-state index contributed by atoms with van der Waals surface area (Å²) in [5, 5.41) is 4.69. The van der Waals surface area contributed by atoms with E-state index in [9.17, 15) is 0 Å². The van der Waals surface area contributed by atoms with Crippen molar-refractivity contribution in [1.29, 1.82) is 0 Å². The zero-order chi connectivity index (χ0) is 13.0. The van der Waals surface area contributed by atoms with E-state index in [2.05, 4.69) is 35.8 Å². The molecule has 1 nitrogen and oxygen atoms in total. The lowest BCUT2D eigenvalue weighted by Gasteiger charge is -2.09. The van der Waals surface area contributed by atoms with Gasteiger partial charge in [0, 0.05) is 27.2 Å². The van der Waals surface area contributed by atoms with E-state index in [1.54, 1.807) is 17.8 Å². The van der Waals surface area contributed by atoms with Gasteiger partial charge >= 0.3 is 0 Å². The SMILES string of the molecule is CSc1ccc(NCc2ccc(Cl)cc2Cl)cc1. The lowest BCUT2D eigenvalue weighted by Crippen LogP contribution is -1.99. The number of benzene rings is 2. The van der Waals surface area contributed by atoms with Gasteiger partial charge in [0.05, 0.1) is 0 Å². The van der Waals surface area contributed by atoms with Crippen LogP contribution in [0.1, 0.15) is 5.56 Å². The van der Waals surface area contributed by atoms with Gasteiger partial charge in [-0.1, -0.05) is 29.3 Å². The number of rotatable bonds is 4. The van der Waals surface area contributed by atoms with Crippen LogP contribution in [0.2, 0.25) is 10.0 Å². The van der Waals surface area contributed by atoms with Gasteiger partial charge < -0.3 is 5.32 Å². The number of hydrogen-bond acceptors (Lipinski definition) is 2. The highest BCUT2D eigenvalue weighted by molar-refractivity contribution is 7.98. The molecule has 0 amide bonds. The summed E-state index contributed by atoms with van der Waals surface area (Å²) >= 11 is 13.7. The van der Waals surface area contributed by atoms with Crippen LogP contribution in [0.25, 0.3) is 0 Å². The summed E-state index contributed by atoms with van der Waals surface area (Å²) in [6, 6.07) is 13.9. The second-order valence-corrected chi connectivity index (χ2v) is 5.54. The van der Waals surface area contributed by atoms with Gasteiger partial charge in [0.1, 0.15) is 0 Å². The molecule has 0 aliphatic carbocycles. The Hall–Kier alpha value is -0.830. The molecule has 0 fully saturated rings. The van der Waals surface area contributed by atoms with E-state index >= 15 is 0 Å². The highest BCUT2D eigenvalue weighted by Crippen LogP contribution is 2.22. The second-order valence-electron chi connectivity index (χ2n) is 3.82. The van der Waals surface area contributed by atoms with Gasteiger partial charge in [-0.3, -0.25) is 0 Å². The normalized spacial score (nSPS) is 10.4.